The van der Waals surface area contributed by atoms with Crippen LogP contribution in [0.25, 0.3) is 0 Å². The number of nitrogens with one attached hydrogen (secondary N) is 2. The topological polar surface area (TPSA) is 80.3 Å². The van der Waals surface area contributed by atoms with Crippen LogP contribution in [0.3, 0.4) is 0 Å². The van der Waals surface area contributed by atoms with Gasteiger partial charge in [-0.1, -0.05) is 0 Å². The Morgan fingerprint density at radius 2 is 2.28 bits per heavy atom. The molecule has 0 aromatic carbocycles. The smallest absolute Gasteiger partial charge is 0.329 e. The molecule has 1 unspecified atom stereocenters. The van der Waals surface area contributed by atoms with Crippen LogP contribution in [0.2, 0.25) is 0 Å². The summed E-state index contributed by atoms with van der Waals surface area (Å²) in [6, 6.07) is -0.674. The third kappa shape index (κ3) is 4.80. The average molecular weight is 271 g/mol. The van der Waals surface area contributed by atoms with Crippen LogP contribution in [0, 0.1) is 6.92 Å². The Labute approximate surface area is 110 Å². The first-order valence-electron chi connectivity index (χ1n) is 5.49. The lowest BCUT2D eigenvalue weighted by molar-refractivity contribution is -0.144. The summed E-state index contributed by atoms with van der Waals surface area (Å²) in [6.07, 6.45) is 0. The molecular formula is C11H17N3O3S. The SMILES string of the molecule is COC(=O)C(CNCc1csc(C)n1)NC(C)=O. The predicted molar refractivity (Wildman–Crippen MR) is 68.2 cm³/mol. The quantitative estimate of drug-likeness (QED) is 0.723. The van der Waals surface area contributed by atoms with Gasteiger partial charge in [0.05, 0.1) is 17.8 Å². The molecule has 6 nitrogen and oxygen atoms in total. The van der Waals surface area contributed by atoms with Crippen molar-refractivity contribution in [3.8, 4) is 0 Å². The molecule has 1 rings (SSSR count). The van der Waals surface area contributed by atoms with Gasteiger partial charge in [0, 0.05) is 25.4 Å². The van der Waals surface area contributed by atoms with E-state index in [1.54, 1.807) is 11.3 Å². The van der Waals surface area contributed by atoms with Crippen LogP contribution in [0.1, 0.15) is 17.6 Å². The van der Waals surface area contributed by atoms with Gasteiger partial charge in [-0.3, -0.25) is 4.79 Å². The van der Waals surface area contributed by atoms with Crippen LogP contribution in [0.15, 0.2) is 5.38 Å². The molecule has 1 amide bonds. The molecule has 2 N–H and O–H groups in total. The maximum atomic E-state index is 11.4. The summed E-state index contributed by atoms with van der Waals surface area (Å²) in [6.45, 7) is 4.16. The fourth-order valence-corrected chi connectivity index (χ4v) is 2.03. The van der Waals surface area contributed by atoms with Crippen LogP contribution < -0.4 is 10.6 Å². The molecule has 0 spiro atoms. The van der Waals surface area contributed by atoms with Crippen molar-refractivity contribution in [2.24, 2.45) is 0 Å². The van der Waals surface area contributed by atoms with E-state index in [4.69, 9.17) is 0 Å². The molecule has 18 heavy (non-hydrogen) atoms. The number of rotatable bonds is 6. The summed E-state index contributed by atoms with van der Waals surface area (Å²) in [7, 11) is 1.29. The Hall–Kier alpha value is -1.47. The Bertz CT molecular complexity index is 419. The predicted octanol–water partition coefficient (Wildman–Crippen LogP) is 0.219. The van der Waals surface area contributed by atoms with E-state index in [1.807, 2.05) is 12.3 Å². The maximum Gasteiger partial charge on any atom is 0.329 e. The second-order valence-electron chi connectivity index (χ2n) is 3.77. The zero-order valence-corrected chi connectivity index (χ0v) is 11.5. The molecule has 7 heteroatoms. The minimum atomic E-state index is -0.674. The van der Waals surface area contributed by atoms with Gasteiger partial charge in [0.2, 0.25) is 5.91 Å². The molecule has 1 heterocycles. The maximum absolute atomic E-state index is 11.4. The summed E-state index contributed by atoms with van der Waals surface area (Å²) in [5, 5.41) is 8.54. The fraction of sp³-hybridized carbons (Fsp3) is 0.545. The van der Waals surface area contributed by atoms with Crippen molar-refractivity contribution in [1.29, 1.82) is 0 Å². The van der Waals surface area contributed by atoms with Gasteiger partial charge in [-0.25, -0.2) is 9.78 Å². The van der Waals surface area contributed by atoms with Gasteiger partial charge in [0.15, 0.2) is 0 Å². The number of carbonyl (C=O) groups is 2. The highest BCUT2D eigenvalue weighted by atomic mass is 32.1. The number of aromatic nitrogens is 1. The molecule has 1 aromatic heterocycles. The van der Waals surface area contributed by atoms with Crippen molar-refractivity contribution in [3.63, 3.8) is 0 Å². The summed E-state index contributed by atoms with van der Waals surface area (Å²) in [4.78, 5) is 26.6. The summed E-state index contributed by atoms with van der Waals surface area (Å²) in [5.41, 5.74) is 0.920. The monoisotopic (exact) mass is 271 g/mol. The number of thiazole rings is 1. The molecule has 1 aromatic rings. The van der Waals surface area contributed by atoms with Crippen LogP contribution in [0.4, 0.5) is 0 Å². The molecular weight excluding hydrogens is 254 g/mol. The first kappa shape index (κ1) is 14.6. The average Bonchev–Trinajstić information content (AvgIpc) is 2.72. The highest BCUT2D eigenvalue weighted by Crippen LogP contribution is 2.07. The van der Waals surface area contributed by atoms with E-state index in [-0.39, 0.29) is 5.91 Å². The highest BCUT2D eigenvalue weighted by molar-refractivity contribution is 7.09. The molecule has 0 saturated carbocycles. The first-order valence-corrected chi connectivity index (χ1v) is 6.37. The minimum absolute atomic E-state index is 0.267. The number of nitrogens with zero attached hydrogens (tertiary/aromatic N) is 1. The largest absolute Gasteiger partial charge is 0.467 e. The molecule has 0 saturated heterocycles. The van der Waals surface area contributed by atoms with E-state index in [2.05, 4.69) is 20.4 Å². The van der Waals surface area contributed by atoms with Crippen molar-refractivity contribution >= 4 is 23.2 Å². The number of amides is 1. The number of aryl methyl sites for hydroxylation is 1. The van der Waals surface area contributed by atoms with E-state index in [0.29, 0.717) is 13.1 Å². The number of methoxy groups -OCH3 is 1. The lowest BCUT2D eigenvalue weighted by Crippen LogP contribution is -2.46. The van der Waals surface area contributed by atoms with Gasteiger partial charge >= 0.3 is 5.97 Å². The third-order valence-corrected chi connectivity index (χ3v) is 3.01. The Kier molecular flexibility index (Phi) is 5.73. The molecule has 100 valence electrons. The van der Waals surface area contributed by atoms with Crippen LogP contribution in [-0.2, 0) is 20.9 Å². The zero-order valence-electron chi connectivity index (χ0n) is 10.6. The fourth-order valence-electron chi connectivity index (χ4n) is 1.41. The molecule has 0 fully saturated rings. The first-order chi connectivity index (χ1) is 8.52. The van der Waals surface area contributed by atoms with Crippen molar-refractivity contribution in [1.82, 2.24) is 15.6 Å². The molecule has 0 bridgehead atoms. The molecule has 0 radical (unpaired) electrons. The van der Waals surface area contributed by atoms with Crippen LogP contribution >= 0.6 is 11.3 Å². The Morgan fingerprint density at radius 1 is 1.56 bits per heavy atom. The highest BCUT2D eigenvalue weighted by Gasteiger charge is 2.19. The molecule has 0 aliphatic carbocycles. The van der Waals surface area contributed by atoms with Crippen LogP contribution in [0.5, 0.6) is 0 Å². The van der Waals surface area contributed by atoms with Crippen molar-refractivity contribution in [2.75, 3.05) is 13.7 Å². The lowest BCUT2D eigenvalue weighted by atomic mass is 10.3. The third-order valence-electron chi connectivity index (χ3n) is 2.18. The summed E-state index contributed by atoms with van der Waals surface area (Å²) < 4.78 is 4.61. The van der Waals surface area contributed by atoms with Crippen molar-refractivity contribution < 1.29 is 14.3 Å². The van der Waals surface area contributed by atoms with E-state index in [9.17, 15) is 9.59 Å². The van der Waals surface area contributed by atoms with E-state index >= 15 is 0 Å². The normalized spacial score (nSPS) is 11.9. The Balaban J connectivity index is 2.41. The number of hydrogen-bond acceptors (Lipinski definition) is 6. The number of ether oxygens (including phenoxy) is 1. The number of esters is 1. The molecule has 1 atom stereocenters. The standard InChI is InChI=1S/C11H17N3O3S/c1-7(15)13-10(11(16)17-3)5-12-4-9-6-18-8(2)14-9/h6,10,12H,4-5H2,1-3H3,(H,13,15). The van der Waals surface area contributed by atoms with E-state index in [0.717, 1.165) is 10.7 Å². The number of hydrogen-bond donors (Lipinski definition) is 2. The summed E-state index contributed by atoms with van der Waals surface area (Å²) in [5.74, 6) is -0.733. The van der Waals surface area contributed by atoms with Gasteiger partial charge in [-0.2, -0.15) is 0 Å². The summed E-state index contributed by atoms with van der Waals surface area (Å²) >= 11 is 1.57. The van der Waals surface area contributed by atoms with E-state index < -0.39 is 12.0 Å². The minimum Gasteiger partial charge on any atom is -0.467 e. The Morgan fingerprint density at radius 3 is 2.78 bits per heavy atom. The van der Waals surface area contributed by atoms with Gasteiger partial charge in [-0.15, -0.1) is 11.3 Å². The van der Waals surface area contributed by atoms with Crippen molar-refractivity contribution in [2.45, 2.75) is 26.4 Å². The molecule has 0 aliphatic rings. The van der Waals surface area contributed by atoms with Crippen molar-refractivity contribution in [3.05, 3.63) is 16.1 Å². The second kappa shape index (κ2) is 7.07. The van der Waals surface area contributed by atoms with Gasteiger partial charge in [-0.05, 0) is 6.92 Å². The number of carbonyl (C=O) groups excluding carboxylic acids is 2. The van der Waals surface area contributed by atoms with E-state index in [1.165, 1.54) is 14.0 Å². The molecule has 0 aliphatic heterocycles. The zero-order chi connectivity index (χ0) is 13.5. The van der Waals surface area contributed by atoms with Gasteiger partial charge in [0.1, 0.15) is 6.04 Å². The van der Waals surface area contributed by atoms with Crippen LogP contribution in [-0.4, -0.2) is 36.6 Å². The lowest BCUT2D eigenvalue weighted by Gasteiger charge is -2.15. The second-order valence-corrected chi connectivity index (χ2v) is 4.83. The van der Waals surface area contributed by atoms with Gasteiger partial charge in [0.25, 0.3) is 0 Å². The van der Waals surface area contributed by atoms with Gasteiger partial charge < -0.3 is 15.4 Å².